The van der Waals surface area contributed by atoms with Gasteiger partial charge in [0.05, 0.1) is 0 Å². The summed E-state index contributed by atoms with van der Waals surface area (Å²) in [6.07, 6.45) is 5.26. The van der Waals surface area contributed by atoms with Gasteiger partial charge in [0.15, 0.2) is 11.5 Å². The first-order valence-electron chi connectivity index (χ1n) is 8.13. The maximum Gasteiger partial charge on any atom is 0.254 e. The largest absolute Gasteiger partial charge is 0.339 e. The zero-order valence-corrected chi connectivity index (χ0v) is 14.7. The van der Waals surface area contributed by atoms with Gasteiger partial charge in [0.2, 0.25) is 0 Å². The second-order valence-electron chi connectivity index (χ2n) is 6.00. The van der Waals surface area contributed by atoms with Crippen molar-refractivity contribution in [3.05, 3.63) is 52.6 Å². The Labute approximate surface area is 148 Å². The van der Waals surface area contributed by atoms with E-state index >= 15 is 0 Å². The molecule has 5 nitrogen and oxygen atoms in total. The highest BCUT2D eigenvalue weighted by molar-refractivity contribution is 9.10. The Morgan fingerprint density at radius 2 is 1.83 bits per heavy atom. The van der Waals surface area contributed by atoms with Crippen LogP contribution in [0, 0.1) is 0 Å². The number of amides is 1. The number of benzene rings is 1. The van der Waals surface area contributed by atoms with Gasteiger partial charge in [-0.15, -0.1) is 10.2 Å². The van der Waals surface area contributed by atoms with Crippen LogP contribution in [-0.4, -0.2) is 38.5 Å². The van der Waals surface area contributed by atoms with Crippen molar-refractivity contribution in [3.8, 4) is 11.4 Å². The van der Waals surface area contributed by atoms with Crippen molar-refractivity contribution < 1.29 is 4.79 Å². The Morgan fingerprint density at radius 1 is 1.04 bits per heavy atom. The van der Waals surface area contributed by atoms with Crippen LogP contribution in [-0.2, 0) is 0 Å². The minimum Gasteiger partial charge on any atom is -0.339 e. The highest BCUT2D eigenvalue weighted by Gasteiger charge is 2.19. The molecule has 1 aromatic carbocycles. The summed E-state index contributed by atoms with van der Waals surface area (Å²) in [6.45, 7) is 1.69. The molecule has 0 radical (unpaired) electrons. The summed E-state index contributed by atoms with van der Waals surface area (Å²) in [6, 6.07) is 11.6. The van der Waals surface area contributed by atoms with Crippen LogP contribution in [0.15, 0.2) is 47.1 Å². The van der Waals surface area contributed by atoms with Crippen LogP contribution in [0.4, 0.5) is 0 Å². The lowest BCUT2D eigenvalue weighted by Gasteiger charge is -2.26. The van der Waals surface area contributed by atoms with E-state index in [4.69, 9.17) is 0 Å². The van der Waals surface area contributed by atoms with Crippen molar-refractivity contribution in [1.82, 2.24) is 19.5 Å². The first-order valence-corrected chi connectivity index (χ1v) is 8.92. The molecule has 0 N–H and O–H groups in total. The summed E-state index contributed by atoms with van der Waals surface area (Å²) in [7, 11) is 0. The Hall–Kier alpha value is -2.21. The molecule has 24 heavy (non-hydrogen) atoms. The van der Waals surface area contributed by atoms with Crippen molar-refractivity contribution >= 4 is 27.5 Å². The number of rotatable bonds is 2. The summed E-state index contributed by atoms with van der Waals surface area (Å²) in [5.74, 6) is 0.845. The molecule has 3 aromatic rings. The fraction of sp³-hybridized carbons (Fsp3) is 0.278. The highest BCUT2D eigenvalue weighted by atomic mass is 79.9. The van der Waals surface area contributed by atoms with E-state index in [1.54, 1.807) is 0 Å². The summed E-state index contributed by atoms with van der Waals surface area (Å²) in [4.78, 5) is 14.6. The van der Waals surface area contributed by atoms with E-state index in [9.17, 15) is 4.79 Å². The average Bonchev–Trinajstić information content (AvgIpc) is 3.05. The van der Waals surface area contributed by atoms with Crippen molar-refractivity contribution in [1.29, 1.82) is 0 Å². The van der Waals surface area contributed by atoms with Crippen LogP contribution in [0.3, 0.4) is 0 Å². The molecule has 1 saturated heterocycles. The first kappa shape index (κ1) is 15.3. The number of piperidine rings is 1. The average molecular weight is 385 g/mol. The standard InChI is InChI=1S/C18H17BrN4O/c19-15-7-3-2-6-14(15)17-21-20-16-12-13(8-11-23(16)17)18(24)22-9-4-1-5-10-22/h2-3,6-8,11-12H,1,4-5,9-10H2. The molecule has 1 aliphatic heterocycles. The van der Waals surface area contributed by atoms with Crippen molar-refractivity contribution in [2.75, 3.05) is 13.1 Å². The van der Waals surface area contributed by atoms with E-state index in [0.717, 1.165) is 41.8 Å². The van der Waals surface area contributed by atoms with Gasteiger partial charge >= 0.3 is 0 Å². The third-order valence-corrected chi connectivity index (χ3v) is 5.11. The fourth-order valence-corrected chi connectivity index (χ4v) is 3.59. The second kappa shape index (κ2) is 6.36. The Bertz CT molecular complexity index is 899. The first-order chi connectivity index (χ1) is 11.7. The predicted octanol–water partition coefficient (Wildman–Crippen LogP) is 3.78. The third kappa shape index (κ3) is 2.71. The van der Waals surface area contributed by atoms with E-state index in [1.165, 1.54) is 6.42 Å². The van der Waals surface area contributed by atoms with Crippen molar-refractivity contribution in [2.45, 2.75) is 19.3 Å². The van der Waals surface area contributed by atoms with Gasteiger partial charge in [0.25, 0.3) is 5.91 Å². The van der Waals surface area contributed by atoms with Crippen LogP contribution in [0.25, 0.3) is 17.0 Å². The lowest BCUT2D eigenvalue weighted by molar-refractivity contribution is 0.0724. The number of pyridine rings is 1. The van der Waals surface area contributed by atoms with Crippen LogP contribution in [0.2, 0.25) is 0 Å². The maximum absolute atomic E-state index is 12.6. The van der Waals surface area contributed by atoms with Gasteiger partial charge in [-0.2, -0.15) is 0 Å². The number of carbonyl (C=O) groups excluding carboxylic acids is 1. The van der Waals surface area contributed by atoms with Gasteiger partial charge in [-0.1, -0.05) is 34.1 Å². The zero-order chi connectivity index (χ0) is 16.5. The van der Waals surface area contributed by atoms with E-state index in [1.807, 2.05) is 51.9 Å². The van der Waals surface area contributed by atoms with Crippen molar-refractivity contribution in [2.24, 2.45) is 0 Å². The van der Waals surface area contributed by atoms with Gasteiger partial charge in [-0.3, -0.25) is 9.20 Å². The molecule has 0 bridgehead atoms. The molecule has 1 amide bonds. The zero-order valence-electron chi connectivity index (χ0n) is 13.2. The minimum absolute atomic E-state index is 0.0858. The lowest BCUT2D eigenvalue weighted by Crippen LogP contribution is -2.35. The number of fused-ring (bicyclic) bond motifs is 1. The molecular formula is C18H17BrN4O. The van der Waals surface area contributed by atoms with E-state index in [0.29, 0.717) is 11.2 Å². The number of carbonyl (C=O) groups is 1. The summed E-state index contributed by atoms with van der Waals surface area (Å²) in [5, 5.41) is 8.54. The van der Waals surface area contributed by atoms with Gasteiger partial charge in [0.1, 0.15) is 0 Å². The summed E-state index contributed by atoms with van der Waals surface area (Å²) >= 11 is 3.55. The van der Waals surface area contributed by atoms with E-state index in [-0.39, 0.29) is 5.91 Å². The predicted molar refractivity (Wildman–Crippen MR) is 95.9 cm³/mol. The van der Waals surface area contributed by atoms with Crippen molar-refractivity contribution in [3.63, 3.8) is 0 Å². The van der Waals surface area contributed by atoms with Gasteiger partial charge in [-0.05, 0) is 37.5 Å². The second-order valence-corrected chi connectivity index (χ2v) is 6.85. The molecule has 6 heteroatoms. The molecule has 3 heterocycles. The molecule has 2 aromatic heterocycles. The number of hydrogen-bond donors (Lipinski definition) is 0. The Kier molecular flexibility index (Phi) is 4.06. The number of aromatic nitrogens is 3. The number of halogens is 1. The third-order valence-electron chi connectivity index (χ3n) is 4.41. The van der Waals surface area contributed by atoms with Crippen LogP contribution in [0.5, 0.6) is 0 Å². The maximum atomic E-state index is 12.6. The highest BCUT2D eigenvalue weighted by Crippen LogP contribution is 2.27. The smallest absolute Gasteiger partial charge is 0.254 e. The molecule has 1 fully saturated rings. The van der Waals surface area contributed by atoms with E-state index < -0.39 is 0 Å². The Balaban J connectivity index is 1.70. The summed E-state index contributed by atoms with van der Waals surface area (Å²) in [5.41, 5.74) is 2.33. The fourth-order valence-electron chi connectivity index (χ4n) is 3.13. The van der Waals surface area contributed by atoms with E-state index in [2.05, 4.69) is 26.1 Å². The number of hydrogen-bond acceptors (Lipinski definition) is 3. The SMILES string of the molecule is O=C(c1ccn2c(-c3ccccc3Br)nnc2c1)N1CCCCC1. The quantitative estimate of drug-likeness (QED) is 0.675. The van der Waals surface area contributed by atoms with Gasteiger partial charge < -0.3 is 4.90 Å². The molecule has 0 saturated carbocycles. The van der Waals surface area contributed by atoms with Crippen LogP contribution >= 0.6 is 15.9 Å². The molecule has 0 aliphatic carbocycles. The molecule has 1 aliphatic rings. The molecular weight excluding hydrogens is 368 g/mol. The van der Waals surface area contributed by atoms with Crippen LogP contribution in [0.1, 0.15) is 29.6 Å². The molecule has 0 spiro atoms. The van der Waals surface area contributed by atoms with Gasteiger partial charge in [0, 0.05) is 34.9 Å². The number of nitrogens with zero attached hydrogens (tertiary/aromatic N) is 4. The summed E-state index contributed by atoms with van der Waals surface area (Å²) < 4.78 is 2.88. The number of likely N-dealkylation sites (tertiary alicyclic amines) is 1. The Morgan fingerprint density at radius 3 is 2.62 bits per heavy atom. The molecule has 4 rings (SSSR count). The normalized spacial score (nSPS) is 15.0. The van der Waals surface area contributed by atoms with Crippen LogP contribution < -0.4 is 0 Å². The van der Waals surface area contributed by atoms with Gasteiger partial charge in [-0.25, -0.2) is 0 Å². The molecule has 0 atom stereocenters. The topological polar surface area (TPSA) is 50.5 Å². The molecule has 122 valence electrons. The monoisotopic (exact) mass is 384 g/mol. The lowest BCUT2D eigenvalue weighted by atomic mass is 10.1. The molecule has 0 unspecified atom stereocenters. The minimum atomic E-state index is 0.0858.